The first-order valence-corrected chi connectivity index (χ1v) is 4.73. The Morgan fingerprint density at radius 2 is 2.55 bits per heavy atom. The Labute approximate surface area is 80.1 Å². The lowest BCUT2D eigenvalue weighted by molar-refractivity contribution is 0.400. The second kappa shape index (κ2) is 3.94. The molecule has 0 aliphatic carbocycles. The number of methoxy groups -OCH3 is 1. The van der Waals surface area contributed by atoms with Gasteiger partial charge in [-0.05, 0) is 29.0 Å². The molecule has 3 nitrogen and oxygen atoms in total. The summed E-state index contributed by atoms with van der Waals surface area (Å²) >= 11 is 2.21. The monoisotopic (exact) mass is 266 g/mol. The van der Waals surface area contributed by atoms with Gasteiger partial charge in [0.25, 0.3) is 0 Å². The molecule has 0 saturated heterocycles. The summed E-state index contributed by atoms with van der Waals surface area (Å²) in [5.41, 5.74) is 1.18. The lowest BCUT2D eigenvalue weighted by atomic mass is 10.3. The molecule has 1 rings (SSSR count). The van der Waals surface area contributed by atoms with Crippen molar-refractivity contribution in [2.75, 3.05) is 7.11 Å². The molecule has 11 heavy (non-hydrogen) atoms. The van der Waals surface area contributed by atoms with Crippen molar-refractivity contribution in [2.24, 2.45) is 4.99 Å². The molecule has 0 spiro atoms. The number of aliphatic imine (C=N–C) groups is 1. The van der Waals surface area contributed by atoms with Crippen LogP contribution >= 0.6 is 22.6 Å². The van der Waals surface area contributed by atoms with Gasteiger partial charge in [0.05, 0.1) is 7.11 Å². The molecule has 1 aliphatic rings. The zero-order valence-corrected chi connectivity index (χ0v) is 8.75. The van der Waals surface area contributed by atoms with Crippen LogP contribution < -0.4 is 5.32 Å². The number of hydrogen-bond acceptors (Lipinski definition) is 3. The lowest BCUT2D eigenvalue weighted by Crippen LogP contribution is -2.26. The molecule has 0 bridgehead atoms. The minimum atomic E-state index is 0.113. The molecule has 0 aromatic heterocycles. The molecule has 0 radical (unpaired) electrons. The van der Waals surface area contributed by atoms with Gasteiger partial charge >= 0.3 is 0 Å². The number of halogens is 1. The fraction of sp³-hybridized carbons (Fsp3) is 0.571. The summed E-state index contributed by atoms with van der Waals surface area (Å²) in [7, 11) is 1.64. The Morgan fingerprint density at radius 1 is 1.82 bits per heavy atom. The van der Waals surface area contributed by atoms with Gasteiger partial charge in [0.1, 0.15) is 0 Å². The quantitative estimate of drug-likeness (QED) is 0.445. The Bertz CT molecular complexity index is 201. The summed E-state index contributed by atoms with van der Waals surface area (Å²) in [4.78, 5) is 4.19. The second-order valence-electron chi connectivity index (χ2n) is 2.17. The van der Waals surface area contributed by atoms with E-state index in [9.17, 15) is 0 Å². The van der Waals surface area contributed by atoms with E-state index in [-0.39, 0.29) is 4.17 Å². The standard InChI is InChI=1S/C7H11IN2O/c1-3-5-4-6(11-2)10-7(8)9-5/h4,7,9H,3H2,1-2H3. The number of alkyl halides is 1. The van der Waals surface area contributed by atoms with Crippen molar-refractivity contribution in [2.45, 2.75) is 17.5 Å². The maximum absolute atomic E-state index is 5.02. The fourth-order valence-electron chi connectivity index (χ4n) is 0.841. The van der Waals surface area contributed by atoms with Crippen molar-refractivity contribution in [3.63, 3.8) is 0 Å². The molecule has 4 heteroatoms. The van der Waals surface area contributed by atoms with Gasteiger partial charge in [0.15, 0.2) is 4.17 Å². The van der Waals surface area contributed by atoms with Gasteiger partial charge in [0, 0.05) is 11.8 Å². The topological polar surface area (TPSA) is 33.6 Å². The Balaban J connectivity index is 2.71. The van der Waals surface area contributed by atoms with Crippen LogP contribution in [0.25, 0.3) is 0 Å². The predicted molar refractivity (Wildman–Crippen MR) is 53.8 cm³/mol. The third-order valence-electron chi connectivity index (χ3n) is 1.43. The van der Waals surface area contributed by atoms with Crippen LogP contribution in [0.4, 0.5) is 0 Å². The summed E-state index contributed by atoms with van der Waals surface area (Å²) in [6.07, 6.45) is 2.91. The normalized spacial score (nSPS) is 23.4. The number of ether oxygens (including phenoxy) is 1. The van der Waals surface area contributed by atoms with E-state index in [0.29, 0.717) is 5.90 Å². The summed E-state index contributed by atoms with van der Waals surface area (Å²) in [5.74, 6) is 0.708. The van der Waals surface area contributed by atoms with E-state index in [1.165, 1.54) is 5.70 Å². The Morgan fingerprint density at radius 3 is 3.09 bits per heavy atom. The maximum atomic E-state index is 5.02. The third-order valence-corrected chi connectivity index (χ3v) is 2.02. The zero-order valence-electron chi connectivity index (χ0n) is 6.60. The zero-order chi connectivity index (χ0) is 8.27. The average Bonchev–Trinajstić information content (AvgIpc) is 2.03. The first kappa shape index (κ1) is 8.83. The first-order valence-electron chi connectivity index (χ1n) is 3.49. The van der Waals surface area contributed by atoms with E-state index >= 15 is 0 Å². The van der Waals surface area contributed by atoms with Gasteiger partial charge in [-0.15, -0.1) is 0 Å². The highest BCUT2D eigenvalue weighted by Crippen LogP contribution is 2.11. The van der Waals surface area contributed by atoms with Crippen LogP contribution in [0.5, 0.6) is 0 Å². The van der Waals surface area contributed by atoms with Crippen LogP contribution in [0.2, 0.25) is 0 Å². The molecule has 0 fully saturated rings. The molecule has 0 saturated carbocycles. The molecule has 62 valence electrons. The van der Waals surface area contributed by atoms with Crippen molar-refractivity contribution in [3.8, 4) is 0 Å². The van der Waals surface area contributed by atoms with Gasteiger partial charge in [-0.1, -0.05) is 6.92 Å². The SMILES string of the molecule is CCC1=CC(OC)=NC(I)N1. The Kier molecular flexibility index (Phi) is 3.16. The van der Waals surface area contributed by atoms with Crippen molar-refractivity contribution in [3.05, 3.63) is 11.8 Å². The van der Waals surface area contributed by atoms with Crippen LogP contribution in [0, 0.1) is 0 Å². The van der Waals surface area contributed by atoms with Crippen LogP contribution in [0.1, 0.15) is 13.3 Å². The fourth-order valence-corrected chi connectivity index (χ4v) is 1.52. The van der Waals surface area contributed by atoms with E-state index in [1.54, 1.807) is 7.11 Å². The number of hydrogen-bond donors (Lipinski definition) is 1. The maximum Gasteiger partial charge on any atom is 0.212 e. The Hall–Kier alpha value is -0.260. The van der Waals surface area contributed by atoms with Crippen molar-refractivity contribution in [1.29, 1.82) is 0 Å². The highest BCUT2D eigenvalue weighted by atomic mass is 127. The van der Waals surface area contributed by atoms with Crippen molar-refractivity contribution >= 4 is 28.5 Å². The van der Waals surface area contributed by atoms with Gasteiger partial charge in [-0.25, -0.2) is 4.99 Å². The van der Waals surface area contributed by atoms with Crippen LogP contribution in [-0.2, 0) is 4.74 Å². The van der Waals surface area contributed by atoms with Gasteiger partial charge in [-0.2, -0.15) is 0 Å². The summed E-state index contributed by atoms with van der Waals surface area (Å²) < 4.78 is 5.14. The van der Waals surface area contributed by atoms with Crippen LogP contribution in [0.15, 0.2) is 16.8 Å². The first-order chi connectivity index (χ1) is 5.26. The molecule has 0 amide bonds. The van der Waals surface area contributed by atoms with E-state index < -0.39 is 0 Å². The van der Waals surface area contributed by atoms with E-state index in [0.717, 1.165) is 6.42 Å². The molecule has 1 unspecified atom stereocenters. The summed E-state index contributed by atoms with van der Waals surface area (Å²) in [6.45, 7) is 2.10. The van der Waals surface area contributed by atoms with Crippen LogP contribution in [-0.4, -0.2) is 17.2 Å². The predicted octanol–water partition coefficient (Wildman–Crippen LogP) is 1.65. The highest BCUT2D eigenvalue weighted by Gasteiger charge is 2.10. The summed E-state index contributed by atoms with van der Waals surface area (Å²) in [5, 5.41) is 3.21. The van der Waals surface area contributed by atoms with E-state index in [1.807, 2.05) is 6.08 Å². The average molecular weight is 266 g/mol. The molecular formula is C7H11IN2O. The number of nitrogens with one attached hydrogen (secondary N) is 1. The second-order valence-corrected chi connectivity index (χ2v) is 3.35. The minimum Gasteiger partial charge on any atom is -0.481 e. The smallest absolute Gasteiger partial charge is 0.212 e. The number of nitrogens with zero attached hydrogens (tertiary/aromatic N) is 1. The van der Waals surface area contributed by atoms with Gasteiger partial charge in [0.2, 0.25) is 5.90 Å². The number of rotatable bonds is 1. The van der Waals surface area contributed by atoms with Gasteiger partial charge < -0.3 is 10.1 Å². The minimum absolute atomic E-state index is 0.113. The van der Waals surface area contributed by atoms with E-state index in [4.69, 9.17) is 4.74 Å². The van der Waals surface area contributed by atoms with Crippen molar-refractivity contribution in [1.82, 2.24) is 5.32 Å². The van der Waals surface area contributed by atoms with E-state index in [2.05, 4.69) is 39.8 Å². The molecule has 1 N–H and O–H groups in total. The molecular weight excluding hydrogens is 255 g/mol. The summed E-state index contributed by atoms with van der Waals surface area (Å²) in [6, 6.07) is 0. The van der Waals surface area contributed by atoms with Gasteiger partial charge in [-0.3, -0.25) is 0 Å². The third kappa shape index (κ3) is 2.36. The molecule has 0 aromatic rings. The number of allylic oxidation sites excluding steroid dienone is 1. The lowest BCUT2D eigenvalue weighted by Gasteiger charge is -2.17. The van der Waals surface area contributed by atoms with Crippen molar-refractivity contribution < 1.29 is 4.74 Å². The molecule has 0 aromatic carbocycles. The molecule has 1 atom stereocenters. The highest BCUT2D eigenvalue weighted by molar-refractivity contribution is 14.1. The largest absolute Gasteiger partial charge is 0.481 e. The molecule has 1 aliphatic heterocycles. The molecule has 1 heterocycles. The van der Waals surface area contributed by atoms with Crippen LogP contribution in [0.3, 0.4) is 0 Å².